The first kappa shape index (κ1) is 22.7. The second-order valence-electron chi connectivity index (χ2n) is 5.89. The molecule has 0 unspecified atom stereocenters. The number of hydrogen-bond acceptors (Lipinski definition) is 9. The zero-order valence-corrected chi connectivity index (χ0v) is 18.5. The van der Waals surface area contributed by atoms with Crippen molar-refractivity contribution < 1.29 is 9.72 Å². The molecule has 0 fully saturated rings. The maximum Gasteiger partial charge on any atom is 0.276 e. The molecule has 8 nitrogen and oxygen atoms in total. The molecule has 0 aliphatic rings. The van der Waals surface area contributed by atoms with Gasteiger partial charge in [-0.3, -0.25) is 14.9 Å². The van der Waals surface area contributed by atoms with Crippen LogP contribution in [0.2, 0.25) is 0 Å². The summed E-state index contributed by atoms with van der Waals surface area (Å²) in [5, 5.41) is 23.0. The molecule has 0 radical (unpaired) electrons. The second-order valence-corrected chi connectivity index (χ2v) is 9.31. The molecule has 11 heteroatoms. The van der Waals surface area contributed by atoms with Gasteiger partial charge >= 0.3 is 0 Å². The minimum Gasteiger partial charge on any atom is -0.272 e. The van der Waals surface area contributed by atoms with Gasteiger partial charge in [-0.1, -0.05) is 77.3 Å². The monoisotopic (exact) mass is 471 g/mol. The summed E-state index contributed by atoms with van der Waals surface area (Å²) < 4.78 is 1.57. The molecule has 2 aromatic carbocycles. The average molecular weight is 472 g/mol. The van der Waals surface area contributed by atoms with Crippen molar-refractivity contribution in [3.8, 4) is 0 Å². The van der Waals surface area contributed by atoms with E-state index in [1.165, 1.54) is 47.0 Å². The van der Waals surface area contributed by atoms with Crippen LogP contribution in [0, 0.1) is 10.1 Å². The van der Waals surface area contributed by atoms with E-state index in [2.05, 4.69) is 32.9 Å². The van der Waals surface area contributed by atoms with E-state index in [1.54, 1.807) is 36.0 Å². The maximum absolute atomic E-state index is 11.9. The summed E-state index contributed by atoms with van der Waals surface area (Å²) in [5.74, 6) is 0.687. The van der Waals surface area contributed by atoms with Gasteiger partial charge < -0.3 is 0 Å². The van der Waals surface area contributed by atoms with Crippen molar-refractivity contribution in [2.24, 2.45) is 5.10 Å². The minimum absolute atomic E-state index is 0.00550. The van der Waals surface area contributed by atoms with Gasteiger partial charge in [0, 0.05) is 18.0 Å². The van der Waals surface area contributed by atoms with Crippen LogP contribution >= 0.6 is 34.9 Å². The van der Waals surface area contributed by atoms with Crippen LogP contribution in [0.3, 0.4) is 0 Å². The number of hydrogen-bond donors (Lipinski definition) is 1. The van der Waals surface area contributed by atoms with E-state index in [9.17, 15) is 14.9 Å². The molecule has 1 heterocycles. The van der Waals surface area contributed by atoms with E-state index in [4.69, 9.17) is 0 Å². The Balaban J connectivity index is 1.39. The fraction of sp³-hybridized carbons (Fsp3) is 0.100. The number of nitro benzene ring substituents is 1. The van der Waals surface area contributed by atoms with Crippen molar-refractivity contribution in [2.75, 3.05) is 5.75 Å². The van der Waals surface area contributed by atoms with Gasteiger partial charge in [-0.05, 0) is 23.8 Å². The number of nitrogens with zero attached hydrogens (tertiary/aromatic N) is 4. The van der Waals surface area contributed by atoms with E-state index < -0.39 is 4.92 Å². The second kappa shape index (κ2) is 12.0. The summed E-state index contributed by atoms with van der Waals surface area (Å²) in [4.78, 5) is 22.4. The molecule has 3 aromatic rings. The number of hydrazone groups is 1. The molecule has 0 aliphatic carbocycles. The predicted octanol–water partition coefficient (Wildman–Crippen LogP) is 4.65. The number of amides is 1. The summed E-state index contributed by atoms with van der Waals surface area (Å²) in [6, 6.07) is 16.5. The van der Waals surface area contributed by atoms with Crippen molar-refractivity contribution in [2.45, 2.75) is 14.4 Å². The van der Waals surface area contributed by atoms with Crippen molar-refractivity contribution in [1.29, 1.82) is 0 Å². The van der Waals surface area contributed by atoms with Crippen LogP contribution in [-0.2, 0) is 10.5 Å². The minimum atomic E-state index is -0.450. The number of nitrogens with one attached hydrogen (secondary N) is 1. The Morgan fingerprint density at radius 2 is 1.81 bits per heavy atom. The third-order valence-corrected chi connectivity index (χ3v) is 6.94. The van der Waals surface area contributed by atoms with Crippen molar-refractivity contribution >= 4 is 58.7 Å². The Labute approximate surface area is 191 Å². The maximum atomic E-state index is 11.9. The number of para-hydroxylation sites is 1. The largest absolute Gasteiger partial charge is 0.276 e. The van der Waals surface area contributed by atoms with Gasteiger partial charge in [0.25, 0.3) is 11.6 Å². The van der Waals surface area contributed by atoms with Gasteiger partial charge in [0.15, 0.2) is 8.68 Å². The molecule has 1 aromatic heterocycles. The number of benzene rings is 2. The summed E-state index contributed by atoms with van der Waals surface area (Å²) in [6.45, 7) is 0. The first-order valence-corrected chi connectivity index (χ1v) is 11.8. The molecule has 0 aliphatic heterocycles. The quantitative estimate of drug-likeness (QED) is 0.198. The van der Waals surface area contributed by atoms with Crippen LogP contribution in [0.5, 0.6) is 0 Å². The van der Waals surface area contributed by atoms with Gasteiger partial charge in [-0.15, -0.1) is 10.2 Å². The number of rotatable bonds is 10. The Morgan fingerprint density at radius 1 is 1.10 bits per heavy atom. The molecule has 0 saturated carbocycles. The fourth-order valence-electron chi connectivity index (χ4n) is 2.29. The number of aromatic nitrogens is 2. The van der Waals surface area contributed by atoms with E-state index in [1.807, 2.05) is 18.2 Å². The number of nitro groups is 1. The summed E-state index contributed by atoms with van der Waals surface area (Å²) >= 11 is 4.34. The van der Waals surface area contributed by atoms with Crippen molar-refractivity contribution in [3.05, 3.63) is 81.9 Å². The molecule has 0 bridgehead atoms. The first-order chi connectivity index (χ1) is 15.1. The highest BCUT2D eigenvalue weighted by Crippen LogP contribution is 2.30. The first-order valence-electron chi connectivity index (χ1n) is 8.97. The highest BCUT2D eigenvalue weighted by molar-refractivity contribution is 8.03. The predicted molar refractivity (Wildman–Crippen MR) is 125 cm³/mol. The Morgan fingerprint density at radius 3 is 2.58 bits per heavy atom. The number of allylic oxidation sites excluding steroid dienone is 1. The molecule has 31 heavy (non-hydrogen) atoms. The van der Waals surface area contributed by atoms with Crippen LogP contribution in [0.1, 0.15) is 11.1 Å². The lowest BCUT2D eigenvalue weighted by Gasteiger charge is -1.97. The summed E-state index contributed by atoms with van der Waals surface area (Å²) in [7, 11) is 0. The third-order valence-electron chi connectivity index (χ3n) is 3.68. The summed E-state index contributed by atoms with van der Waals surface area (Å²) in [6.07, 6.45) is 4.44. The van der Waals surface area contributed by atoms with E-state index in [-0.39, 0.29) is 17.3 Å². The SMILES string of the molecule is O=C(CSc1nnc(SCc2ccccc2)s1)NN=C/C=C/c1ccccc1[N+](=O)[O-]. The van der Waals surface area contributed by atoms with Gasteiger partial charge in [-0.2, -0.15) is 5.10 Å². The van der Waals surface area contributed by atoms with Crippen molar-refractivity contribution in [3.63, 3.8) is 0 Å². The van der Waals surface area contributed by atoms with Crippen molar-refractivity contribution in [1.82, 2.24) is 15.6 Å². The van der Waals surface area contributed by atoms with Crippen LogP contribution in [0.25, 0.3) is 6.08 Å². The zero-order chi connectivity index (χ0) is 21.9. The average Bonchev–Trinajstić information content (AvgIpc) is 3.25. The highest BCUT2D eigenvalue weighted by atomic mass is 32.2. The van der Waals surface area contributed by atoms with Crippen LogP contribution in [0.15, 0.2) is 74.5 Å². The molecular weight excluding hydrogens is 454 g/mol. The van der Waals surface area contributed by atoms with Gasteiger partial charge in [0.1, 0.15) is 0 Å². The molecule has 3 rings (SSSR count). The number of carbonyl (C=O) groups excluding carboxylic acids is 1. The summed E-state index contributed by atoms with van der Waals surface area (Å²) in [5.41, 5.74) is 4.08. The lowest BCUT2D eigenvalue weighted by atomic mass is 10.2. The molecule has 158 valence electrons. The standard InChI is InChI=1S/C20H17N5O3S3/c26-18(22-21-12-6-10-16-9-4-5-11-17(16)25(27)28)14-30-20-24-23-19(31-20)29-13-15-7-2-1-3-8-15/h1-12H,13-14H2,(H,22,26)/b10-6+,21-12?. The zero-order valence-electron chi connectivity index (χ0n) is 16.1. The topological polar surface area (TPSA) is 110 Å². The molecule has 1 amide bonds. The molecule has 0 spiro atoms. The van der Waals surface area contributed by atoms with E-state index >= 15 is 0 Å². The van der Waals surface area contributed by atoms with E-state index in [0.717, 1.165) is 10.1 Å². The smallest absolute Gasteiger partial charge is 0.272 e. The lowest BCUT2D eigenvalue weighted by Crippen LogP contribution is -2.19. The fourth-order valence-corrected chi connectivity index (χ4v) is 5.05. The van der Waals surface area contributed by atoms with E-state index in [0.29, 0.717) is 9.90 Å². The highest BCUT2D eigenvalue weighted by Gasteiger charge is 2.09. The lowest BCUT2D eigenvalue weighted by molar-refractivity contribution is -0.385. The van der Waals surface area contributed by atoms with Gasteiger partial charge in [-0.25, -0.2) is 5.43 Å². The number of thioether (sulfide) groups is 2. The van der Waals surface area contributed by atoms with Gasteiger partial charge in [0.2, 0.25) is 0 Å². The van der Waals surface area contributed by atoms with Crippen LogP contribution < -0.4 is 5.43 Å². The Kier molecular flexibility index (Phi) is 8.76. The Bertz CT molecular complexity index is 1090. The molecule has 0 atom stereocenters. The molecular formula is C20H17N5O3S3. The Hall–Kier alpha value is -3.02. The van der Waals surface area contributed by atoms with Crippen LogP contribution in [-0.4, -0.2) is 33.0 Å². The van der Waals surface area contributed by atoms with Crippen LogP contribution in [0.4, 0.5) is 5.69 Å². The third kappa shape index (κ3) is 7.63. The number of carbonyl (C=O) groups is 1. The molecule has 1 N–H and O–H groups in total. The normalized spacial score (nSPS) is 11.2. The molecule has 0 saturated heterocycles. The van der Waals surface area contributed by atoms with Gasteiger partial charge in [0.05, 0.1) is 16.2 Å².